The van der Waals surface area contributed by atoms with E-state index in [2.05, 4.69) is 11.2 Å². The first-order valence-electron chi connectivity index (χ1n) is 19.0. The average Bonchev–Trinajstić information content (AvgIpc) is 3.81. The zero-order chi connectivity index (χ0) is 39.7. The Balaban J connectivity index is 1.16. The van der Waals surface area contributed by atoms with Crippen molar-refractivity contribution in [1.29, 1.82) is 0 Å². The molecule has 2 atom stereocenters. The van der Waals surface area contributed by atoms with E-state index < -0.39 is 29.4 Å². The number of ether oxygens (including phenoxy) is 3. The van der Waals surface area contributed by atoms with Crippen LogP contribution in [0.4, 0.5) is 13.6 Å². The van der Waals surface area contributed by atoms with E-state index in [0.717, 1.165) is 66.5 Å². The molecule has 1 aliphatic carbocycles. The molecule has 3 aromatic carbocycles. The molecule has 4 aromatic rings. The van der Waals surface area contributed by atoms with Crippen molar-refractivity contribution in [2.75, 3.05) is 13.7 Å². The van der Waals surface area contributed by atoms with E-state index >= 15 is 4.79 Å². The van der Waals surface area contributed by atoms with Crippen LogP contribution in [0.1, 0.15) is 81.7 Å². The minimum Gasteiger partial charge on any atom is -0.486 e. The van der Waals surface area contributed by atoms with E-state index in [4.69, 9.17) is 41.9 Å². The minimum atomic E-state index is -0.767. The lowest BCUT2D eigenvalue weighted by Crippen LogP contribution is -2.50. The molecule has 0 unspecified atom stereocenters. The predicted octanol–water partition coefficient (Wildman–Crippen LogP) is 10.2. The number of fused-ring (bicyclic) bond motifs is 2. The molecule has 1 saturated heterocycles. The molecule has 0 N–H and O–H groups in total. The molecule has 2 fully saturated rings. The molecular formula is C43H45Cl2F2N3O6. The van der Waals surface area contributed by atoms with Gasteiger partial charge in [0.25, 0.3) is 5.91 Å². The van der Waals surface area contributed by atoms with Gasteiger partial charge < -0.3 is 23.6 Å². The first kappa shape index (κ1) is 39.8. The van der Waals surface area contributed by atoms with Crippen molar-refractivity contribution in [2.45, 2.75) is 103 Å². The smallest absolute Gasteiger partial charge is 0.411 e. The number of rotatable bonds is 13. The molecule has 13 heteroatoms. The van der Waals surface area contributed by atoms with E-state index in [1.165, 1.54) is 6.07 Å². The Morgan fingerprint density at radius 1 is 0.982 bits per heavy atom. The van der Waals surface area contributed by atoms with Crippen molar-refractivity contribution >= 4 is 40.8 Å². The molecule has 1 aromatic heterocycles. The third-order valence-electron chi connectivity index (χ3n) is 10.4. The van der Waals surface area contributed by atoms with Crippen LogP contribution >= 0.6 is 23.2 Å². The number of aryl methyl sites for hydroxylation is 1. The number of carbonyl (C=O) groups excluding carboxylic acids is 2. The zero-order valence-corrected chi connectivity index (χ0v) is 33.4. The zero-order valence-electron chi connectivity index (χ0n) is 31.9. The highest BCUT2D eigenvalue weighted by Crippen LogP contribution is 2.46. The molecule has 9 nitrogen and oxygen atoms in total. The predicted molar refractivity (Wildman–Crippen MR) is 209 cm³/mol. The summed E-state index contributed by atoms with van der Waals surface area (Å²) in [4.78, 5) is 32.5. The van der Waals surface area contributed by atoms with Gasteiger partial charge in [0.15, 0.2) is 5.76 Å². The quantitative estimate of drug-likeness (QED) is 0.0981. The van der Waals surface area contributed by atoms with Gasteiger partial charge in [-0.2, -0.15) is 0 Å². The summed E-state index contributed by atoms with van der Waals surface area (Å²) in [6, 6.07) is 16.3. The normalized spacial score (nSPS) is 18.0. The largest absolute Gasteiger partial charge is 0.486 e. The van der Waals surface area contributed by atoms with Crippen molar-refractivity contribution in [1.82, 2.24) is 15.0 Å². The van der Waals surface area contributed by atoms with Crippen LogP contribution in [0.25, 0.3) is 16.8 Å². The summed E-state index contributed by atoms with van der Waals surface area (Å²) in [6.07, 6.45) is 4.97. The van der Waals surface area contributed by atoms with Gasteiger partial charge in [-0.05, 0) is 118 Å². The van der Waals surface area contributed by atoms with Gasteiger partial charge >= 0.3 is 6.09 Å². The fourth-order valence-electron chi connectivity index (χ4n) is 7.63. The SMILES string of the molecule is COCCCc1ccc(Cl)c(CN(C(=O)C2=C(c3ccc(OCc4cc(-c5c(F)ccc(F)c5Cl)no4)cc3)C[C@@H]3CC[C@H]2N3C(=O)OC(C)(C)C)C2CC2)c1. The van der Waals surface area contributed by atoms with E-state index in [9.17, 15) is 13.6 Å². The summed E-state index contributed by atoms with van der Waals surface area (Å²) in [5.41, 5.74) is 3.55. The monoisotopic (exact) mass is 807 g/mol. The number of aromatic nitrogens is 1. The maximum absolute atomic E-state index is 15.0. The lowest BCUT2D eigenvalue weighted by Gasteiger charge is -2.39. The summed E-state index contributed by atoms with van der Waals surface area (Å²) >= 11 is 12.8. The van der Waals surface area contributed by atoms with Gasteiger partial charge in [0, 0.05) is 49.0 Å². The van der Waals surface area contributed by atoms with E-state index in [-0.39, 0.29) is 46.6 Å². The van der Waals surface area contributed by atoms with Crippen LogP contribution in [0.2, 0.25) is 10.0 Å². The summed E-state index contributed by atoms with van der Waals surface area (Å²) in [7, 11) is 1.69. The standard InChI is InChI=1S/C43H45Cl2F2N3O6/c1-43(2,3)55-42(52)50-29-12-18-37(50)38(41(51)49(28-10-11-28)23-27-20-25(6-5-19-53-4)7-15-33(27)44)32(21-29)26-8-13-30(14-9-26)54-24-31-22-36(48-56-31)39-34(46)16-17-35(47)40(39)45/h7-9,13-17,20,22,28-29,37H,5-6,10-12,18-19,21,23-24H2,1-4H3/t29-,37+/m0/s1. The Morgan fingerprint density at radius 2 is 1.73 bits per heavy atom. The van der Waals surface area contributed by atoms with E-state index in [1.54, 1.807) is 24.1 Å². The Bertz CT molecular complexity index is 2130. The molecular weight excluding hydrogens is 763 g/mol. The minimum absolute atomic E-state index is 0.0329. The van der Waals surface area contributed by atoms with Crippen LogP contribution in [-0.4, -0.2) is 64.4 Å². The topological polar surface area (TPSA) is 94.3 Å². The van der Waals surface area contributed by atoms with Crippen molar-refractivity contribution in [2.24, 2.45) is 0 Å². The summed E-state index contributed by atoms with van der Waals surface area (Å²) in [6.45, 7) is 6.51. The number of methoxy groups -OCH3 is 1. The molecule has 2 aliphatic heterocycles. The Morgan fingerprint density at radius 3 is 2.45 bits per heavy atom. The summed E-state index contributed by atoms with van der Waals surface area (Å²) in [5.74, 6) is -0.790. The number of hydrogen-bond donors (Lipinski definition) is 0. The maximum Gasteiger partial charge on any atom is 0.411 e. The maximum atomic E-state index is 15.0. The Hall–Kier alpha value is -4.45. The van der Waals surface area contributed by atoms with Gasteiger partial charge in [-0.3, -0.25) is 9.69 Å². The summed E-state index contributed by atoms with van der Waals surface area (Å²) in [5, 5.41) is 4.09. The Labute approximate surface area is 335 Å². The average molecular weight is 809 g/mol. The number of carbonyl (C=O) groups is 2. The first-order valence-corrected chi connectivity index (χ1v) is 19.7. The highest BCUT2D eigenvalue weighted by molar-refractivity contribution is 6.33. The number of nitrogens with zero attached hydrogens (tertiary/aromatic N) is 3. The molecule has 0 radical (unpaired) electrons. The third-order valence-corrected chi connectivity index (χ3v) is 11.1. The van der Waals surface area contributed by atoms with Crippen LogP contribution in [-0.2, 0) is 33.8 Å². The van der Waals surface area contributed by atoms with E-state index in [0.29, 0.717) is 42.3 Å². The molecule has 3 heterocycles. The van der Waals surface area contributed by atoms with Gasteiger partial charge in [0.1, 0.15) is 35.3 Å². The number of hydrogen-bond acceptors (Lipinski definition) is 7. The molecule has 0 spiro atoms. The van der Waals surface area contributed by atoms with Crippen LogP contribution < -0.4 is 4.74 Å². The molecule has 7 rings (SSSR count). The van der Waals surface area contributed by atoms with Crippen molar-refractivity contribution in [3.05, 3.63) is 110 Å². The van der Waals surface area contributed by atoms with E-state index in [1.807, 2.05) is 49.9 Å². The molecule has 56 heavy (non-hydrogen) atoms. The molecule has 296 valence electrons. The van der Waals surface area contributed by atoms with Gasteiger partial charge in [-0.25, -0.2) is 13.6 Å². The molecule has 2 amide bonds. The van der Waals surface area contributed by atoms with Crippen molar-refractivity contribution in [3.8, 4) is 17.0 Å². The van der Waals surface area contributed by atoms with Gasteiger partial charge in [-0.15, -0.1) is 0 Å². The number of halogens is 4. The van der Waals surface area contributed by atoms with Crippen molar-refractivity contribution < 1.29 is 37.1 Å². The molecule has 3 aliphatic rings. The fourth-order valence-corrected chi connectivity index (χ4v) is 8.06. The second kappa shape index (κ2) is 16.6. The van der Waals surface area contributed by atoms with Gasteiger partial charge in [-0.1, -0.05) is 52.6 Å². The lowest BCUT2D eigenvalue weighted by atomic mass is 9.87. The molecule has 2 bridgehead atoms. The second-order valence-electron chi connectivity index (χ2n) is 15.6. The van der Waals surface area contributed by atoms with Gasteiger partial charge in [0.05, 0.1) is 16.6 Å². The Kier molecular flexibility index (Phi) is 11.8. The number of amides is 2. The third kappa shape index (κ3) is 8.75. The van der Waals surface area contributed by atoms with Crippen LogP contribution in [0.3, 0.4) is 0 Å². The van der Waals surface area contributed by atoms with Crippen molar-refractivity contribution in [3.63, 3.8) is 0 Å². The van der Waals surface area contributed by atoms with Crippen LogP contribution in [0.5, 0.6) is 5.75 Å². The number of benzene rings is 3. The second-order valence-corrected chi connectivity index (χ2v) is 16.4. The van der Waals surface area contributed by atoms with Crippen LogP contribution in [0, 0.1) is 11.6 Å². The van der Waals surface area contributed by atoms with Crippen LogP contribution in [0.15, 0.2) is 70.8 Å². The highest BCUT2D eigenvalue weighted by atomic mass is 35.5. The van der Waals surface area contributed by atoms with Gasteiger partial charge in [0.2, 0.25) is 0 Å². The lowest BCUT2D eigenvalue weighted by molar-refractivity contribution is -0.129. The highest BCUT2D eigenvalue weighted by Gasteiger charge is 2.49. The first-order chi connectivity index (χ1) is 26.8. The fraction of sp³-hybridized carbons (Fsp3) is 0.419. The molecule has 1 saturated carbocycles. The summed E-state index contributed by atoms with van der Waals surface area (Å²) < 4.78 is 50.9.